The molecule has 2 aromatic carbocycles. The van der Waals surface area contributed by atoms with Crippen molar-refractivity contribution in [3.63, 3.8) is 0 Å². The maximum atomic E-state index is 12.3. The van der Waals surface area contributed by atoms with E-state index in [2.05, 4.69) is 31.5 Å². The van der Waals surface area contributed by atoms with E-state index in [4.69, 9.17) is 35.4 Å². The van der Waals surface area contributed by atoms with E-state index in [1.807, 2.05) is 13.0 Å². The number of carbonyl (C=O) groups excluding carboxylic acids is 1. The van der Waals surface area contributed by atoms with E-state index in [0.717, 1.165) is 20.3 Å². The van der Waals surface area contributed by atoms with Crippen molar-refractivity contribution in [3.8, 4) is 0 Å². The number of carbonyl (C=O) groups is 1. The lowest BCUT2D eigenvalue weighted by Gasteiger charge is -2.08. The number of nitrogens with one attached hydrogen (secondary N) is 2. The lowest BCUT2D eigenvalue weighted by molar-refractivity contribution is 0.0978. The quantitative estimate of drug-likeness (QED) is 0.460. The van der Waals surface area contributed by atoms with Crippen molar-refractivity contribution in [2.45, 2.75) is 6.92 Å². The van der Waals surface area contributed by atoms with Gasteiger partial charge in [0.25, 0.3) is 5.91 Å². The summed E-state index contributed by atoms with van der Waals surface area (Å²) in [5.41, 5.74) is 2.07. The van der Waals surface area contributed by atoms with Crippen molar-refractivity contribution in [1.29, 1.82) is 0 Å². The lowest BCUT2D eigenvalue weighted by Crippen LogP contribution is -2.34. The number of halogens is 3. The molecule has 9 heteroatoms. The predicted octanol–water partition coefficient (Wildman–Crippen LogP) is 5.80. The van der Waals surface area contributed by atoms with Crippen LogP contribution in [0.2, 0.25) is 10.0 Å². The fourth-order valence-electron chi connectivity index (χ4n) is 2.07. The van der Waals surface area contributed by atoms with Gasteiger partial charge >= 0.3 is 0 Å². The van der Waals surface area contributed by atoms with Gasteiger partial charge in [-0.15, -0.1) is 0 Å². The van der Waals surface area contributed by atoms with Crippen LogP contribution in [0.1, 0.15) is 15.9 Å². The standard InChI is InChI=1S/C16H10BrCl2N3OS2/c1-7-4-13-12(6-11(7)19)20-16(25-13)22-15(24)21-14(23)9-5-8(17)2-3-10(9)18/h2-6H,1H3,(H2,20,21,22,23,24). The second-order valence-electron chi connectivity index (χ2n) is 5.12. The molecule has 1 heterocycles. The van der Waals surface area contributed by atoms with Gasteiger partial charge in [-0.25, -0.2) is 4.98 Å². The van der Waals surface area contributed by atoms with Crippen LogP contribution in [0.5, 0.6) is 0 Å². The van der Waals surface area contributed by atoms with Crippen LogP contribution in [0, 0.1) is 6.92 Å². The molecule has 1 amide bonds. The minimum Gasteiger partial charge on any atom is -0.308 e. The summed E-state index contributed by atoms with van der Waals surface area (Å²) in [4.78, 5) is 16.7. The Morgan fingerprint density at radius 1 is 1.24 bits per heavy atom. The Kier molecular flexibility index (Phi) is 5.60. The first-order chi connectivity index (χ1) is 11.8. The number of rotatable bonds is 2. The second kappa shape index (κ2) is 7.55. The smallest absolute Gasteiger partial charge is 0.258 e. The number of nitrogens with zero attached hydrogens (tertiary/aromatic N) is 1. The Hall–Kier alpha value is -1.25. The van der Waals surface area contributed by atoms with Gasteiger partial charge in [-0.3, -0.25) is 10.1 Å². The first-order valence-corrected chi connectivity index (χ1v) is 9.75. The Balaban J connectivity index is 1.74. The highest BCUT2D eigenvalue weighted by molar-refractivity contribution is 9.10. The van der Waals surface area contributed by atoms with Gasteiger partial charge in [-0.2, -0.15) is 0 Å². The summed E-state index contributed by atoms with van der Waals surface area (Å²) in [7, 11) is 0. The Bertz CT molecular complexity index is 967. The molecule has 3 aromatic rings. The van der Waals surface area contributed by atoms with Crippen LogP contribution in [0.25, 0.3) is 10.2 Å². The van der Waals surface area contributed by atoms with Crippen LogP contribution in [-0.2, 0) is 0 Å². The van der Waals surface area contributed by atoms with Crippen molar-refractivity contribution in [2.24, 2.45) is 0 Å². The monoisotopic (exact) mass is 473 g/mol. The summed E-state index contributed by atoms with van der Waals surface area (Å²) in [5, 5.41) is 7.22. The van der Waals surface area contributed by atoms with E-state index < -0.39 is 5.91 Å². The molecule has 3 rings (SSSR count). The number of aryl methyl sites for hydroxylation is 1. The third-order valence-electron chi connectivity index (χ3n) is 3.29. The number of thiocarbonyl (C=S) groups is 1. The number of aromatic nitrogens is 1. The highest BCUT2D eigenvalue weighted by Crippen LogP contribution is 2.30. The van der Waals surface area contributed by atoms with E-state index in [0.29, 0.717) is 20.7 Å². The molecule has 4 nitrogen and oxygen atoms in total. The predicted molar refractivity (Wildman–Crippen MR) is 112 cm³/mol. The summed E-state index contributed by atoms with van der Waals surface area (Å²) in [6, 6.07) is 8.78. The zero-order valence-corrected chi connectivity index (χ0v) is 17.4. The molecule has 1 aromatic heterocycles. The maximum absolute atomic E-state index is 12.3. The zero-order valence-electron chi connectivity index (χ0n) is 12.7. The van der Waals surface area contributed by atoms with Crippen molar-refractivity contribution >= 4 is 89.1 Å². The fourth-order valence-corrected chi connectivity index (χ4v) is 4.00. The van der Waals surface area contributed by atoms with Gasteiger partial charge in [0.15, 0.2) is 10.2 Å². The molecule has 0 aliphatic heterocycles. The number of hydrogen-bond acceptors (Lipinski definition) is 4. The first kappa shape index (κ1) is 18.5. The molecule has 0 bridgehead atoms. The zero-order chi connectivity index (χ0) is 18.1. The fraction of sp³-hybridized carbons (Fsp3) is 0.0625. The summed E-state index contributed by atoms with van der Waals surface area (Å²) in [6.07, 6.45) is 0. The van der Waals surface area contributed by atoms with Crippen molar-refractivity contribution in [3.05, 3.63) is 56.0 Å². The van der Waals surface area contributed by atoms with Crippen LogP contribution in [0.15, 0.2) is 34.8 Å². The van der Waals surface area contributed by atoms with Crippen molar-refractivity contribution in [1.82, 2.24) is 10.3 Å². The van der Waals surface area contributed by atoms with Crippen LogP contribution in [-0.4, -0.2) is 16.0 Å². The molecule has 2 N–H and O–H groups in total. The molecule has 0 aliphatic rings. The SMILES string of the molecule is Cc1cc2sc(NC(=S)NC(=O)c3cc(Br)ccc3Cl)nc2cc1Cl. The molecule has 0 radical (unpaired) electrons. The van der Waals surface area contributed by atoms with E-state index in [1.54, 1.807) is 24.3 Å². The molecule has 0 saturated heterocycles. The van der Waals surface area contributed by atoms with E-state index in [-0.39, 0.29) is 5.11 Å². The first-order valence-electron chi connectivity index (χ1n) is 6.97. The summed E-state index contributed by atoms with van der Waals surface area (Å²) in [5.74, 6) is -0.399. The molecule has 0 saturated carbocycles. The van der Waals surface area contributed by atoms with Gasteiger partial charge in [0.2, 0.25) is 0 Å². The molecule has 0 fully saturated rings. The van der Waals surface area contributed by atoms with Crippen molar-refractivity contribution in [2.75, 3.05) is 5.32 Å². The molecular weight excluding hydrogens is 465 g/mol. The van der Waals surface area contributed by atoms with E-state index in [1.165, 1.54) is 11.3 Å². The third-order valence-corrected chi connectivity index (χ3v) is 5.66. The van der Waals surface area contributed by atoms with E-state index in [9.17, 15) is 4.79 Å². The molecular formula is C16H10BrCl2N3OS2. The number of benzene rings is 2. The molecule has 0 aliphatic carbocycles. The highest BCUT2D eigenvalue weighted by atomic mass is 79.9. The number of hydrogen-bond donors (Lipinski definition) is 2. The molecule has 0 spiro atoms. The average molecular weight is 475 g/mol. The lowest BCUT2D eigenvalue weighted by atomic mass is 10.2. The highest BCUT2D eigenvalue weighted by Gasteiger charge is 2.14. The maximum Gasteiger partial charge on any atom is 0.258 e. The average Bonchev–Trinajstić information content (AvgIpc) is 2.90. The molecule has 0 unspecified atom stereocenters. The van der Waals surface area contributed by atoms with Crippen LogP contribution in [0.3, 0.4) is 0 Å². The van der Waals surface area contributed by atoms with Crippen LogP contribution >= 0.6 is 62.7 Å². The molecule has 128 valence electrons. The summed E-state index contributed by atoms with van der Waals surface area (Å²) >= 11 is 22.1. The number of amides is 1. The van der Waals surface area contributed by atoms with E-state index >= 15 is 0 Å². The minimum absolute atomic E-state index is 0.142. The normalized spacial score (nSPS) is 10.7. The van der Waals surface area contributed by atoms with Crippen LogP contribution < -0.4 is 10.6 Å². The van der Waals surface area contributed by atoms with Crippen LogP contribution in [0.4, 0.5) is 5.13 Å². The number of anilines is 1. The Morgan fingerprint density at radius 2 is 2.00 bits per heavy atom. The minimum atomic E-state index is -0.399. The topological polar surface area (TPSA) is 54.0 Å². The van der Waals surface area contributed by atoms with Gasteiger partial charge in [0.05, 0.1) is 20.8 Å². The Labute approximate surface area is 171 Å². The molecule has 25 heavy (non-hydrogen) atoms. The largest absolute Gasteiger partial charge is 0.308 e. The van der Waals surface area contributed by atoms with Gasteiger partial charge in [0, 0.05) is 9.50 Å². The van der Waals surface area contributed by atoms with Gasteiger partial charge in [0.1, 0.15) is 0 Å². The number of fused-ring (bicyclic) bond motifs is 1. The Morgan fingerprint density at radius 3 is 2.76 bits per heavy atom. The van der Waals surface area contributed by atoms with Gasteiger partial charge in [-0.05, 0) is 55.0 Å². The summed E-state index contributed by atoms with van der Waals surface area (Å²) in [6.45, 7) is 1.93. The second-order valence-corrected chi connectivity index (χ2v) is 8.29. The summed E-state index contributed by atoms with van der Waals surface area (Å²) < 4.78 is 1.73. The van der Waals surface area contributed by atoms with Gasteiger partial charge < -0.3 is 5.32 Å². The number of thiazole rings is 1. The third kappa shape index (κ3) is 4.30. The molecule has 0 atom stereocenters. The van der Waals surface area contributed by atoms with Crippen molar-refractivity contribution < 1.29 is 4.79 Å². The van der Waals surface area contributed by atoms with Gasteiger partial charge in [-0.1, -0.05) is 50.5 Å².